The Kier molecular flexibility index (Phi) is 3.15. The van der Waals surface area contributed by atoms with Crippen LogP contribution in [0.15, 0.2) is 10.3 Å². The summed E-state index contributed by atoms with van der Waals surface area (Å²) in [6, 6.07) is 0.939. The summed E-state index contributed by atoms with van der Waals surface area (Å²) in [6.45, 7) is 0. The second-order valence-electron chi connectivity index (χ2n) is 2.13. The van der Waals surface area contributed by atoms with Crippen LogP contribution in [0.3, 0.4) is 0 Å². The van der Waals surface area contributed by atoms with Gasteiger partial charge in [0.15, 0.2) is 0 Å². The van der Waals surface area contributed by atoms with Crippen LogP contribution in [0.1, 0.15) is 0 Å². The molecular weight excluding hydrogens is 293 g/mol. The number of nitrogens with two attached hydrogens (primary N) is 1. The van der Waals surface area contributed by atoms with Crippen LogP contribution in [0.4, 0.5) is 0 Å². The van der Waals surface area contributed by atoms with E-state index in [1.165, 1.54) is 0 Å². The lowest BCUT2D eigenvalue weighted by Gasteiger charge is -1.95. The molecule has 5 nitrogen and oxygen atoms in total. The van der Waals surface area contributed by atoms with Gasteiger partial charge in [-0.3, -0.25) is 0 Å². The van der Waals surface area contributed by atoms with Crippen molar-refractivity contribution in [1.82, 2.24) is 0 Å². The summed E-state index contributed by atoms with van der Waals surface area (Å²) in [7, 11) is -9.27. The Labute approximate surface area is 93.8 Å². The Balaban J connectivity index is 3.47. The van der Waals surface area contributed by atoms with E-state index >= 15 is 0 Å². The summed E-state index contributed by atoms with van der Waals surface area (Å²) in [6.07, 6.45) is 0. The van der Waals surface area contributed by atoms with Crippen LogP contribution < -0.4 is 5.14 Å². The molecule has 0 atom stereocenters. The van der Waals surface area contributed by atoms with Crippen molar-refractivity contribution in [2.24, 2.45) is 5.14 Å². The maximum Gasteiger partial charge on any atom is 0.320 e. The Morgan fingerprint density at radius 3 is 2.00 bits per heavy atom. The van der Waals surface area contributed by atoms with Gasteiger partial charge in [-0.1, -0.05) is 23.2 Å². The van der Waals surface area contributed by atoms with E-state index in [1.807, 2.05) is 0 Å². The fourth-order valence-corrected chi connectivity index (χ4v) is 5.01. The second-order valence-corrected chi connectivity index (χ2v) is 9.50. The molecule has 1 aromatic rings. The Bertz CT molecular complexity index is 538. The van der Waals surface area contributed by atoms with Crippen LogP contribution >= 0.6 is 34.5 Å². The fraction of sp³-hybridized carbons (Fsp3) is 0. The van der Waals surface area contributed by atoms with E-state index in [4.69, 9.17) is 23.2 Å². The minimum atomic E-state index is -4.69. The summed E-state index contributed by atoms with van der Waals surface area (Å²) in [5.74, 6) is 0. The monoisotopic (exact) mass is 295 g/mol. The van der Waals surface area contributed by atoms with Crippen molar-refractivity contribution < 1.29 is 16.8 Å². The van der Waals surface area contributed by atoms with Crippen LogP contribution in [0, 0.1) is 0 Å². The molecule has 0 aromatic carbocycles. The molecule has 1 heterocycles. The van der Waals surface area contributed by atoms with Crippen molar-refractivity contribution in [3.8, 4) is 0 Å². The standard InChI is InChI=1S/C4H3Cl2NO4S3/c5-2-1-3(12-4(2)6)13(8,9)14(7,10)11/h1H,(H2,7,10,11). The molecule has 0 fully saturated rings. The molecule has 0 spiro atoms. The highest BCUT2D eigenvalue weighted by Crippen LogP contribution is 2.35. The Hall–Kier alpha value is 0.140. The van der Waals surface area contributed by atoms with Gasteiger partial charge < -0.3 is 0 Å². The van der Waals surface area contributed by atoms with Gasteiger partial charge in [-0.15, -0.1) is 11.3 Å². The molecule has 1 rings (SSSR count). The first-order valence-corrected chi connectivity index (χ1v) is 8.01. The van der Waals surface area contributed by atoms with E-state index in [0.717, 1.165) is 6.07 Å². The van der Waals surface area contributed by atoms with Crippen molar-refractivity contribution >= 4 is 52.5 Å². The average Bonchev–Trinajstić information content (AvgIpc) is 2.30. The highest BCUT2D eigenvalue weighted by Gasteiger charge is 2.30. The molecule has 80 valence electrons. The number of hydrogen-bond acceptors (Lipinski definition) is 5. The predicted octanol–water partition coefficient (Wildman–Crippen LogP) is 1.03. The van der Waals surface area contributed by atoms with Crippen molar-refractivity contribution in [2.75, 3.05) is 0 Å². The van der Waals surface area contributed by atoms with Gasteiger partial charge >= 0.3 is 17.9 Å². The van der Waals surface area contributed by atoms with Gasteiger partial charge in [0.25, 0.3) is 0 Å². The minimum absolute atomic E-state index is 0.00566. The Morgan fingerprint density at radius 1 is 1.21 bits per heavy atom. The van der Waals surface area contributed by atoms with E-state index in [0.29, 0.717) is 11.3 Å². The first-order chi connectivity index (χ1) is 6.16. The molecule has 0 bridgehead atoms. The molecule has 0 aliphatic carbocycles. The Morgan fingerprint density at radius 2 is 1.71 bits per heavy atom. The van der Waals surface area contributed by atoms with Crippen LogP contribution in [-0.4, -0.2) is 16.8 Å². The molecule has 0 saturated carbocycles. The largest absolute Gasteiger partial charge is 0.320 e. The van der Waals surface area contributed by atoms with Gasteiger partial charge in [-0.2, -0.15) is 8.42 Å². The number of rotatable bonds is 2. The smallest absolute Gasteiger partial charge is 0.215 e. The highest BCUT2D eigenvalue weighted by atomic mass is 35.5. The molecule has 0 amide bonds. The van der Waals surface area contributed by atoms with Crippen LogP contribution in [-0.2, 0) is 17.9 Å². The van der Waals surface area contributed by atoms with Crippen LogP contribution in [0.2, 0.25) is 9.36 Å². The van der Waals surface area contributed by atoms with Gasteiger partial charge in [0.05, 0.1) is 5.02 Å². The number of halogens is 2. The summed E-state index contributed by atoms with van der Waals surface area (Å²) in [5.41, 5.74) is 0. The first kappa shape index (κ1) is 12.2. The second kappa shape index (κ2) is 3.62. The molecule has 0 aliphatic heterocycles. The van der Waals surface area contributed by atoms with Gasteiger partial charge in [0.2, 0.25) is 0 Å². The van der Waals surface area contributed by atoms with E-state index in [9.17, 15) is 16.8 Å². The molecule has 0 saturated heterocycles. The quantitative estimate of drug-likeness (QED) is 0.825. The fourth-order valence-electron chi connectivity index (χ4n) is 0.564. The van der Waals surface area contributed by atoms with Crippen molar-refractivity contribution in [3.05, 3.63) is 15.4 Å². The maximum absolute atomic E-state index is 11.2. The lowest BCUT2D eigenvalue weighted by Crippen LogP contribution is -2.22. The molecule has 14 heavy (non-hydrogen) atoms. The third-order valence-electron chi connectivity index (χ3n) is 1.17. The van der Waals surface area contributed by atoms with Gasteiger partial charge in [0, 0.05) is 0 Å². The first-order valence-electron chi connectivity index (χ1n) is 2.89. The van der Waals surface area contributed by atoms with E-state index in [1.54, 1.807) is 0 Å². The lowest BCUT2D eigenvalue weighted by molar-refractivity contribution is 0.584. The van der Waals surface area contributed by atoms with Crippen molar-refractivity contribution in [1.29, 1.82) is 0 Å². The van der Waals surface area contributed by atoms with Gasteiger partial charge in [-0.25, -0.2) is 13.6 Å². The number of thiophene rings is 1. The van der Waals surface area contributed by atoms with Crippen LogP contribution in [0.25, 0.3) is 0 Å². The van der Waals surface area contributed by atoms with Crippen LogP contribution in [0.5, 0.6) is 0 Å². The normalized spacial score (nSPS) is 13.1. The third kappa shape index (κ3) is 2.05. The summed E-state index contributed by atoms with van der Waals surface area (Å²) >= 11 is 11.5. The third-order valence-corrected chi connectivity index (χ3v) is 7.66. The molecule has 10 heteroatoms. The SMILES string of the molecule is NS(=O)(=O)S(=O)(=O)c1cc(Cl)c(Cl)s1. The van der Waals surface area contributed by atoms with Gasteiger partial charge in [0.1, 0.15) is 8.55 Å². The lowest BCUT2D eigenvalue weighted by atomic mass is 10.7. The molecule has 0 unspecified atom stereocenters. The zero-order valence-electron chi connectivity index (χ0n) is 6.27. The molecule has 0 aliphatic rings. The molecule has 1 aromatic heterocycles. The zero-order chi connectivity index (χ0) is 11.1. The maximum atomic E-state index is 11.2. The van der Waals surface area contributed by atoms with Gasteiger partial charge in [-0.05, 0) is 6.07 Å². The molecular formula is C4H3Cl2NO4S3. The highest BCUT2D eigenvalue weighted by molar-refractivity contribution is 8.66. The van der Waals surface area contributed by atoms with Crippen molar-refractivity contribution in [2.45, 2.75) is 4.21 Å². The van der Waals surface area contributed by atoms with E-state index < -0.39 is 22.1 Å². The van der Waals surface area contributed by atoms with E-state index in [-0.39, 0.29) is 9.36 Å². The average molecular weight is 296 g/mol. The summed E-state index contributed by atoms with van der Waals surface area (Å²) in [5, 5.41) is 4.48. The molecule has 0 radical (unpaired) electrons. The van der Waals surface area contributed by atoms with Crippen molar-refractivity contribution in [3.63, 3.8) is 0 Å². The topological polar surface area (TPSA) is 94.3 Å². The summed E-state index contributed by atoms with van der Waals surface area (Å²) < 4.78 is 43.3. The number of hydrogen-bond donors (Lipinski definition) is 1. The minimum Gasteiger partial charge on any atom is -0.215 e. The predicted molar refractivity (Wildman–Crippen MR) is 54.6 cm³/mol. The molecule has 2 N–H and O–H groups in total. The zero-order valence-corrected chi connectivity index (χ0v) is 10.2. The van der Waals surface area contributed by atoms with E-state index in [2.05, 4.69) is 5.14 Å². The summed E-state index contributed by atoms with van der Waals surface area (Å²) in [4.78, 5) is 0.